The first-order valence-corrected chi connectivity index (χ1v) is 11.4. The summed E-state index contributed by atoms with van der Waals surface area (Å²) >= 11 is 6.36. The highest BCUT2D eigenvalue weighted by atomic mass is 127. The molecule has 4 N–H and O–H groups in total. The Balaban J connectivity index is 2.29. The van der Waals surface area contributed by atoms with Crippen molar-refractivity contribution in [2.45, 2.75) is 6.92 Å². The molecule has 0 saturated heterocycles. The number of fused-ring (bicyclic) bond motifs is 2. The smallest absolute Gasteiger partial charge is 0.125 e. The van der Waals surface area contributed by atoms with E-state index in [1.165, 1.54) is 0 Å². The van der Waals surface area contributed by atoms with E-state index >= 15 is 0 Å². The van der Waals surface area contributed by atoms with Crippen molar-refractivity contribution in [2.24, 2.45) is 0 Å². The van der Waals surface area contributed by atoms with Crippen LogP contribution in [0.15, 0.2) is 36.4 Å². The van der Waals surface area contributed by atoms with Crippen molar-refractivity contribution in [2.75, 3.05) is 0 Å². The summed E-state index contributed by atoms with van der Waals surface area (Å²) in [4.78, 5) is 0. The normalized spacial score (nSPS) is 11.4. The number of rotatable bonds is 1. The fourth-order valence-electron chi connectivity index (χ4n) is 3.60. The second-order valence-electron chi connectivity index (χ2n) is 6.54. The highest BCUT2D eigenvalue weighted by molar-refractivity contribution is 14.1. The van der Waals surface area contributed by atoms with Gasteiger partial charge in [0.05, 0.1) is 0 Å². The quantitative estimate of drug-likeness (QED) is 0.168. The van der Waals surface area contributed by atoms with E-state index in [2.05, 4.69) is 67.8 Å². The first-order chi connectivity index (χ1) is 13.2. The Kier molecular flexibility index (Phi) is 5.19. The lowest BCUT2D eigenvalue weighted by atomic mass is 9.90. The fourth-order valence-corrected chi connectivity index (χ4v) is 5.53. The molecule has 0 spiro atoms. The molecule has 0 fully saturated rings. The summed E-state index contributed by atoms with van der Waals surface area (Å²) in [6.45, 7) is 1.85. The second-order valence-corrected chi connectivity index (χ2v) is 10.2. The number of hydrogen-bond donors (Lipinski definition) is 4. The van der Waals surface area contributed by atoms with Gasteiger partial charge in [0.2, 0.25) is 0 Å². The van der Waals surface area contributed by atoms with E-state index in [1.807, 2.05) is 19.1 Å². The van der Waals surface area contributed by atoms with Gasteiger partial charge in [0, 0.05) is 38.0 Å². The van der Waals surface area contributed by atoms with Crippen LogP contribution in [0.3, 0.4) is 0 Å². The van der Waals surface area contributed by atoms with Gasteiger partial charge in [0.15, 0.2) is 0 Å². The molecule has 0 heterocycles. The third-order valence-corrected chi connectivity index (χ3v) is 6.86. The predicted molar refractivity (Wildman–Crippen MR) is 136 cm³/mol. The van der Waals surface area contributed by atoms with E-state index in [1.54, 1.807) is 24.3 Å². The van der Waals surface area contributed by atoms with Crippen LogP contribution in [0.4, 0.5) is 0 Å². The van der Waals surface area contributed by atoms with Gasteiger partial charge in [-0.15, -0.1) is 0 Å². The standard InChI is InChI=1S/C21H13I3O4/c1-8-2-14(25)20(18-11(8)3-9(22)5-15(18)26)21-17(28)7-13(24)12-4-10(23)6-16(27)19(12)21/h2-7,25-28H,1H3. The van der Waals surface area contributed by atoms with E-state index in [-0.39, 0.29) is 23.0 Å². The van der Waals surface area contributed by atoms with Crippen LogP contribution < -0.4 is 0 Å². The Hall–Kier alpha value is -1.21. The van der Waals surface area contributed by atoms with Crippen molar-refractivity contribution in [1.29, 1.82) is 0 Å². The van der Waals surface area contributed by atoms with Gasteiger partial charge in [-0.3, -0.25) is 0 Å². The van der Waals surface area contributed by atoms with E-state index in [9.17, 15) is 20.4 Å². The molecule has 4 rings (SSSR count). The second kappa shape index (κ2) is 7.24. The summed E-state index contributed by atoms with van der Waals surface area (Å²) in [5.41, 5.74) is 1.39. The van der Waals surface area contributed by atoms with Gasteiger partial charge in [0.1, 0.15) is 23.0 Å². The van der Waals surface area contributed by atoms with E-state index in [4.69, 9.17) is 0 Å². The van der Waals surface area contributed by atoms with Crippen LogP contribution in [0.5, 0.6) is 23.0 Å². The van der Waals surface area contributed by atoms with E-state index in [0.717, 1.165) is 27.0 Å². The molecule has 0 saturated carbocycles. The van der Waals surface area contributed by atoms with Gasteiger partial charge in [0.25, 0.3) is 0 Å². The minimum atomic E-state index is -0.0770. The summed E-state index contributed by atoms with van der Waals surface area (Å²) < 4.78 is 2.49. The number of hydrogen-bond acceptors (Lipinski definition) is 4. The molecule has 7 heteroatoms. The van der Waals surface area contributed by atoms with Gasteiger partial charge in [-0.1, -0.05) is 0 Å². The lowest BCUT2D eigenvalue weighted by Crippen LogP contribution is -1.92. The lowest BCUT2D eigenvalue weighted by Gasteiger charge is -2.18. The van der Waals surface area contributed by atoms with Crippen molar-refractivity contribution in [3.63, 3.8) is 0 Å². The minimum absolute atomic E-state index is 0.00356. The molecule has 0 unspecified atom stereocenters. The zero-order chi connectivity index (χ0) is 20.3. The van der Waals surface area contributed by atoms with Crippen molar-refractivity contribution < 1.29 is 20.4 Å². The minimum Gasteiger partial charge on any atom is -0.507 e. The number of aryl methyl sites for hydroxylation is 1. The zero-order valence-corrected chi connectivity index (χ0v) is 20.9. The predicted octanol–water partition coefficient (Wildman–Crippen LogP) is 6.60. The van der Waals surface area contributed by atoms with E-state index in [0.29, 0.717) is 21.9 Å². The molecule has 4 aromatic carbocycles. The summed E-state index contributed by atoms with van der Waals surface area (Å²) in [7, 11) is 0. The summed E-state index contributed by atoms with van der Waals surface area (Å²) in [6, 6.07) is 10.3. The lowest BCUT2D eigenvalue weighted by molar-refractivity contribution is 0.466. The van der Waals surface area contributed by atoms with Crippen molar-refractivity contribution in [1.82, 2.24) is 0 Å². The first kappa shape index (κ1) is 20.1. The molecule has 0 aliphatic rings. The van der Waals surface area contributed by atoms with Crippen LogP contribution in [-0.2, 0) is 0 Å². The Labute approximate surface area is 201 Å². The Morgan fingerprint density at radius 3 is 1.61 bits per heavy atom. The summed E-state index contributed by atoms with van der Waals surface area (Å²) in [6.07, 6.45) is 0. The first-order valence-electron chi connectivity index (χ1n) is 8.18. The van der Waals surface area contributed by atoms with Crippen molar-refractivity contribution >= 4 is 89.3 Å². The third kappa shape index (κ3) is 3.15. The van der Waals surface area contributed by atoms with Crippen LogP contribution in [0.25, 0.3) is 32.7 Å². The zero-order valence-electron chi connectivity index (χ0n) is 14.4. The number of phenols is 4. The average Bonchev–Trinajstić information content (AvgIpc) is 2.58. The molecular formula is C21H13I3O4. The fraction of sp³-hybridized carbons (Fsp3) is 0.0476. The molecule has 0 radical (unpaired) electrons. The largest absolute Gasteiger partial charge is 0.507 e. The average molecular weight is 710 g/mol. The van der Waals surface area contributed by atoms with Crippen molar-refractivity contribution in [3.05, 3.63) is 52.7 Å². The molecule has 0 amide bonds. The molecule has 28 heavy (non-hydrogen) atoms. The van der Waals surface area contributed by atoms with Crippen LogP contribution in [-0.4, -0.2) is 20.4 Å². The molecule has 4 nitrogen and oxygen atoms in total. The molecule has 0 bridgehead atoms. The van der Waals surface area contributed by atoms with Crippen LogP contribution in [0, 0.1) is 17.6 Å². The van der Waals surface area contributed by atoms with Gasteiger partial charge in [-0.2, -0.15) is 0 Å². The van der Waals surface area contributed by atoms with Gasteiger partial charge < -0.3 is 20.4 Å². The topological polar surface area (TPSA) is 80.9 Å². The maximum Gasteiger partial charge on any atom is 0.125 e. The number of phenolic OH excluding ortho intramolecular Hbond substituents is 4. The number of aromatic hydroxyl groups is 4. The Morgan fingerprint density at radius 2 is 1.04 bits per heavy atom. The van der Waals surface area contributed by atoms with Gasteiger partial charge in [-0.25, -0.2) is 0 Å². The van der Waals surface area contributed by atoms with Crippen LogP contribution in [0.1, 0.15) is 5.56 Å². The highest BCUT2D eigenvalue weighted by Gasteiger charge is 2.23. The van der Waals surface area contributed by atoms with Crippen LogP contribution in [0.2, 0.25) is 0 Å². The molecule has 0 aliphatic carbocycles. The molecular weight excluding hydrogens is 697 g/mol. The Morgan fingerprint density at radius 1 is 0.571 bits per heavy atom. The molecule has 0 atom stereocenters. The van der Waals surface area contributed by atoms with Crippen LogP contribution >= 0.6 is 67.8 Å². The third-order valence-electron chi connectivity index (χ3n) is 4.73. The number of halogens is 3. The monoisotopic (exact) mass is 710 g/mol. The maximum atomic E-state index is 10.8. The molecule has 0 aromatic heterocycles. The molecule has 0 aliphatic heterocycles. The number of benzene rings is 4. The Bertz CT molecular complexity index is 1200. The summed E-state index contributed by atoms with van der Waals surface area (Å²) in [5.74, 6) is -0.139. The summed E-state index contributed by atoms with van der Waals surface area (Å²) in [5, 5.41) is 45.5. The van der Waals surface area contributed by atoms with E-state index < -0.39 is 0 Å². The SMILES string of the molecule is Cc1cc(O)c(-c2c(O)cc(I)c3cc(I)cc(O)c23)c2c(O)cc(I)cc12. The highest BCUT2D eigenvalue weighted by Crippen LogP contribution is 2.51. The van der Waals surface area contributed by atoms with Gasteiger partial charge in [-0.05, 0) is 122 Å². The molecule has 142 valence electrons. The van der Waals surface area contributed by atoms with Gasteiger partial charge >= 0.3 is 0 Å². The van der Waals surface area contributed by atoms with Crippen molar-refractivity contribution in [3.8, 4) is 34.1 Å². The molecule has 4 aromatic rings. The maximum absolute atomic E-state index is 10.8.